The first-order chi connectivity index (χ1) is 10.0. The summed E-state index contributed by atoms with van der Waals surface area (Å²) in [5.74, 6) is -1.10. The summed E-state index contributed by atoms with van der Waals surface area (Å²) >= 11 is 1.34. The fourth-order valence-corrected chi connectivity index (χ4v) is 3.47. The highest BCUT2D eigenvalue weighted by Crippen LogP contribution is 2.34. The SMILES string of the molecule is Cc1ccccc1-c1c(C(=O)O)n(C)c(=O)c2sccc12. The second-order valence-electron chi connectivity index (χ2n) is 4.87. The molecule has 3 rings (SSSR count). The molecule has 0 aliphatic carbocycles. The third-order valence-electron chi connectivity index (χ3n) is 3.62. The monoisotopic (exact) mass is 299 g/mol. The Morgan fingerprint density at radius 3 is 2.62 bits per heavy atom. The molecule has 2 heterocycles. The summed E-state index contributed by atoms with van der Waals surface area (Å²) in [5, 5.41) is 12.1. The van der Waals surface area contributed by atoms with Crippen LogP contribution in [0.1, 0.15) is 16.1 Å². The molecule has 0 spiro atoms. The van der Waals surface area contributed by atoms with Crippen molar-refractivity contribution in [3.05, 3.63) is 57.3 Å². The molecular formula is C16H13NO3S. The van der Waals surface area contributed by atoms with E-state index in [9.17, 15) is 14.7 Å². The Balaban J connectivity index is 2.57. The van der Waals surface area contributed by atoms with Crippen LogP contribution >= 0.6 is 11.3 Å². The zero-order valence-corrected chi connectivity index (χ0v) is 12.4. The third-order valence-corrected chi connectivity index (χ3v) is 4.53. The highest BCUT2D eigenvalue weighted by molar-refractivity contribution is 7.17. The van der Waals surface area contributed by atoms with Crippen molar-refractivity contribution in [2.24, 2.45) is 7.05 Å². The van der Waals surface area contributed by atoms with Crippen LogP contribution < -0.4 is 5.56 Å². The normalized spacial score (nSPS) is 11.0. The van der Waals surface area contributed by atoms with Gasteiger partial charge >= 0.3 is 5.97 Å². The molecule has 0 amide bonds. The quantitative estimate of drug-likeness (QED) is 0.790. The summed E-state index contributed by atoms with van der Waals surface area (Å²) in [6.07, 6.45) is 0. The molecule has 0 aliphatic rings. The van der Waals surface area contributed by atoms with Crippen LogP contribution in [0.3, 0.4) is 0 Å². The van der Waals surface area contributed by atoms with Gasteiger partial charge in [-0.1, -0.05) is 24.3 Å². The van der Waals surface area contributed by atoms with E-state index in [0.29, 0.717) is 15.6 Å². The molecule has 21 heavy (non-hydrogen) atoms. The Morgan fingerprint density at radius 2 is 1.95 bits per heavy atom. The average Bonchev–Trinajstić information content (AvgIpc) is 2.92. The molecule has 4 nitrogen and oxygen atoms in total. The summed E-state index contributed by atoms with van der Waals surface area (Å²) in [4.78, 5) is 24.0. The molecule has 0 saturated carbocycles. The lowest BCUT2D eigenvalue weighted by Crippen LogP contribution is -2.24. The second kappa shape index (κ2) is 4.86. The average molecular weight is 299 g/mol. The highest BCUT2D eigenvalue weighted by atomic mass is 32.1. The molecule has 1 aromatic carbocycles. The van der Waals surface area contributed by atoms with Crippen molar-refractivity contribution in [1.29, 1.82) is 0 Å². The summed E-state index contributed by atoms with van der Waals surface area (Å²) in [5.41, 5.74) is 2.19. The van der Waals surface area contributed by atoms with Crippen LogP contribution in [0.25, 0.3) is 21.2 Å². The zero-order chi connectivity index (χ0) is 15.1. The minimum atomic E-state index is -1.10. The van der Waals surface area contributed by atoms with E-state index >= 15 is 0 Å². The summed E-state index contributed by atoms with van der Waals surface area (Å²) in [6.45, 7) is 1.93. The van der Waals surface area contributed by atoms with Crippen molar-refractivity contribution < 1.29 is 9.90 Å². The number of thiophene rings is 1. The Kier molecular flexibility index (Phi) is 3.14. The first-order valence-electron chi connectivity index (χ1n) is 6.42. The number of pyridine rings is 1. The van der Waals surface area contributed by atoms with Crippen LogP contribution in [0.15, 0.2) is 40.5 Å². The van der Waals surface area contributed by atoms with Gasteiger partial charge in [0.1, 0.15) is 10.4 Å². The molecule has 0 atom stereocenters. The smallest absolute Gasteiger partial charge is 0.353 e. The van der Waals surface area contributed by atoms with E-state index < -0.39 is 5.97 Å². The molecule has 0 saturated heterocycles. The number of aromatic nitrogens is 1. The number of carboxylic acid groups (broad SMARTS) is 1. The number of aromatic carboxylic acids is 1. The van der Waals surface area contributed by atoms with E-state index in [2.05, 4.69) is 0 Å². The number of nitrogens with zero attached hydrogens (tertiary/aromatic N) is 1. The maximum Gasteiger partial charge on any atom is 0.353 e. The number of hydrogen-bond acceptors (Lipinski definition) is 3. The largest absolute Gasteiger partial charge is 0.477 e. The predicted octanol–water partition coefficient (Wildman–Crippen LogP) is 3.27. The van der Waals surface area contributed by atoms with E-state index in [-0.39, 0.29) is 11.3 Å². The van der Waals surface area contributed by atoms with Gasteiger partial charge in [-0.05, 0) is 29.5 Å². The van der Waals surface area contributed by atoms with Crippen LogP contribution in [-0.4, -0.2) is 15.6 Å². The number of benzene rings is 1. The molecular weight excluding hydrogens is 286 g/mol. The van der Waals surface area contributed by atoms with Gasteiger partial charge in [-0.15, -0.1) is 11.3 Å². The first kappa shape index (κ1) is 13.6. The van der Waals surface area contributed by atoms with Crippen molar-refractivity contribution in [3.63, 3.8) is 0 Å². The van der Waals surface area contributed by atoms with Gasteiger partial charge in [0.15, 0.2) is 0 Å². The van der Waals surface area contributed by atoms with E-state index in [1.54, 1.807) is 0 Å². The van der Waals surface area contributed by atoms with Crippen molar-refractivity contribution in [2.75, 3.05) is 0 Å². The summed E-state index contributed by atoms with van der Waals surface area (Å²) in [6, 6.07) is 9.42. The molecule has 5 heteroatoms. The number of rotatable bonds is 2. The highest BCUT2D eigenvalue weighted by Gasteiger charge is 2.22. The molecule has 3 aromatic rings. The van der Waals surface area contributed by atoms with Crippen molar-refractivity contribution in [2.45, 2.75) is 6.92 Å². The van der Waals surface area contributed by atoms with Gasteiger partial charge in [0, 0.05) is 18.0 Å². The number of aryl methyl sites for hydroxylation is 1. The van der Waals surface area contributed by atoms with Crippen LogP contribution in [0, 0.1) is 6.92 Å². The van der Waals surface area contributed by atoms with E-state index in [1.165, 1.54) is 23.0 Å². The van der Waals surface area contributed by atoms with Crippen LogP contribution in [-0.2, 0) is 7.05 Å². The number of carboxylic acids is 1. The summed E-state index contributed by atoms with van der Waals surface area (Å²) in [7, 11) is 1.51. The second-order valence-corrected chi connectivity index (χ2v) is 5.79. The summed E-state index contributed by atoms with van der Waals surface area (Å²) < 4.78 is 1.81. The van der Waals surface area contributed by atoms with Crippen LogP contribution in [0.5, 0.6) is 0 Å². The predicted molar refractivity (Wildman–Crippen MR) is 84.2 cm³/mol. The Labute approximate surface area is 124 Å². The molecule has 0 radical (unpaired) electrons. The van der Waals surface area contributed by atoms with Crippen molar-refractivity contribution >= 4 is 27.4 Å². The number of fused-ring (bicyclic) bond motifs is 1. The lowest BCUT2D eigenvalue weighted by Gasteiger charge is -2.14. The zero-order valence-electron chi connectivity index (χ0n) is 11.6. The maximum absolute atomic E-state index is 12.3. The molecule has 0 bridgehead atoms. The lowest BCUT2D eigenvalue weighted by atomic mass is 9.96. The fourth-order valence-electron chi connectivity index (χ4n) is 2.60. The minimum absolute atomic E-state index is 0.0280. The van der Waals surface area contributed by atoms with Crippen molar-refractivity contribution in [3.8, 4) is 11.1 Å². The lowest BCUT2D eigenvalue weighted by molar-refractivity contribution is 0.0686. The van der Waals surface area contributed by atoms with Crippen LogP contribution in [0.4, 0.5) is 0 Å². The molecule has 2 aromatic heterocycles. The molecule has 1 N–H and O–H groups in total. The van der Waals surface area contributed by atoms with Gasteiger partial charge in [-0.3, -0.25) is 4.79 Å². The van der Waals surface area contributed by atoms with Gasteiger partial charge in [-0.25, -0.2) is 4.79 Å². The van der Waals surface area contributed by atoms with Gasteiger partial charge in [0.25, 0.3) is 5.56 Å². The number of hydrogen-bond donors (Lipinski definition) is 1. The molecule has 0 fully saturated rings. The van der Waals surface area contributed by atoms with Gasteiger partial charge in [0.05, 0.1) is 0 Å². The Morgan fingerprint density at radius 1 is 1.24 bits per heavy atom. The van der Waals surface area contributed by atoms with Gasteiger partial charge < -0.3 is 9.67 Å². The van der Waals surface area contributed by atoms with Gasteiger partial charge in [-0.2, -0.15) is 0 Å². The standard InChI is InChI=1S/C16H13NO3S/c1-9-5-3-4-6-10(9)12-11-7-8-21-14(11)15(18)17(2)13(12)16(19)20/h3-8H,1-2H3,(H,19,20). The molecule has 0 unspecified atom stereocenters. The fraction of sp³-hybridized carbons (Fsp3) is 0.125. The third kappa shape index (κ3) is 1.97. The minimum Gasteiger partial charge on any atom is -0.477 e. The maximum atomic E-state index is 12.3. The Bertz CT molecular complexity index is 921. The molecule has 0 aliphatic heterocycles. The topological polar surface area (TPSA) is 59.3 Å². The van der Waals surface area contributed by atoms with Crippen LogP contribution in [0.2, 0.25) is 0 Å². The van der Waals surface area contributed by atoms with E-state index in [1.807, 2.05) is 42.6 Å². The Hall–Kier alpha value is -2.40. The number of carbonyl (C=O) groups is 1. The molecule has 106 valence electrons. The first-order valence-corrected chi connectivity index (χ1v) is 7.30. The van der Waals surface area contributed by atoms with E-state index in [4.69, 9.17) is 0 Å². The van der Waals surface area contributed by atoms with Crippen molar-refractivity contribution in [1.82, 2.24) is 4.57 Å². The van der Waals surface area contributed by atoms with Gasteiger partial charge in [0.2, 0.25) is 0 Å². The van der Waals surface area contributed by atoms with E-state index in [0.717, 1.165) is 11.1 Å².